The summed E-state index contributed by atoms with van der Waals surface area (Å²) in [4.78, 5) is 22.3. The highest BCUT2D eigenvalue weighted by molar-refractivity contribution is 5.75. The lowest BCUT2D eigenvalue weighted by molar-refractivity contribution is -0.132. The molecule has 0 aromatic heterocycles. The molecule has 2 aromatic rings. The van der Waals surface area contributed by atoms with E-state index in [1.54, 1.807) is 6.92 Å². The number of unbranched alkanes of at least 4 members (excludes halogenated alkanes) is 1. The fourth-order valence-electron chi connectivity index (χ4n) is 3.70. The molecular formula is C25H32O4. The van der Waals surface area contributed by atoms with Crippen molar-refractivity contribution in [2.24, 2.45) is 0 Å². The second kappa shape index (κ2) is 10.2. The van der Waals surface area contributed by atoms with Crippen molar-refractivity contribution in [2.75, 3.05) is 6.61 Å². The number of esters is 1. The summed E-state index contributed by atoms with van der Waals surface area (Å²) in [6, 6.07) is 8.50. The van der Waals surface area contributed by atoms with Crippen LogP contribution < -0.4 is 9.47 Å². The van der Waals surface area contributed by atoms with Gasteiger partial charge in [-0.25, -0.2) is 0 Å². The molecule has 0 unspecified atom stereocenters. The molecule has 0 saturated carbocycles. The summed E-state index contributed by atoms with van der Waals surface area (Å²) in [6.07, 6.45) is 3.18. The molecule has 156 valence electrons. The standard InChI is InChI=1S/C25H32O4/c1-16-11-22(12-17(2)24(16)28-10-8-7-9-20(5)26)15-23-13-18(3)25(19(4)14-23)29-21(6)27/h11-14H,7-10,15H2,1-6H3. The maximum atomic E-state index is 11.3. The Morgan fingerprint density at radius 2 is 1.24 bits per heavy atom. The summed E-state index contributed by atoms with van der Waals surface area (Å²) in [7, 11) is 0. The van der Waals surface area contributed by atoms with Crippen LogP contribution in [0.25, 0.3) is 0 Å². The van der Waals surface area contributed by atoms with E-state index in [-0.39, 0.29) is 11.8 Å². The van der Waals surface area contributed by atoms with E-state index in [0.717, 1.165) is 47.3 Å². The third-order valence-electron chi connectivity index (χ3n) is 4.86. The Hall–Kier alpha value is -2.62. The Labute approximate surface area is 174 Å². The highest BCUT2D eigenvalue weighted by atomic mass is 16.5. The fraction of sp³-hybridized carbons (Fsp3) is 0.440. The molecule has 0 amide bonds. The molecule has 0 spiro atoms. The van der Waals surface area contributed by atoms with Crippen LogP contribution in [0.2, 0.25) is 0 Å². The van der Waals surface area contributed by atoms with Gasteiger partial charge in [-0.05, 0) is 87.3 Å². The van der Waals surface area contributed by atoms with Crippen LogP contribution in [0.5, 0.6) is 11.5 Å². The maximum Gasteiger partial charge on any atom is 0.308 e. The quantitative estimate of drug-likeness (QED) is 0.316. The Morgan fingerprint density at radius 3 is 1.69 bits per heavy atom. The summed E-state index contributed by atoms with van der Waals surface area (Å²) in [6.45, 7) is 11.8. The largest absolute Gasteiger partial charge is 0.493 e. The van der Waals surface area contributed by atoms with Crippen molar-refractivity contribution in [3.8, 4) is 11.5 Å². The van der Waals surface area contributed by atoms with E-state index >= 15 is 0 Å². The lowest BCUT2D eigenvalue weighted by atomic mass is 9.97. The van der Waals surface area contributed by atoms with E-state index in [1.807, 2.05) is 13.8 Å². The minimum absolute atomic E-state index is 0.230. The van der Waals surface area contributed by atoms with E-state index in [9.17, 15) is 9.59 Å². The lowest BCUT2D eigenvalue weighted by Gasteiger charge is -2.15. The zero-order valence-electron chi connectivity index (χ0n) is 18.5. The van der Waals surface area contributed by atoms with Crippen LogP contribution in [-0.4, -0.2) is 18.4 Å². The second-order valence-corrected chi connectivity index (χ2v) is 7.90. The zero-order chi connectivity index (χ0) is 21.6. The first-order valence-corrected chi connectivity index (χ1v) is 10.2. The summed E-state index contributed by atoms with van der Waals surface area (Å²) in [5.41, 5.74) is 6.59. The zero-order valence-corrected chi connectivity index (χ0v) is 18.5. The highest BCUT2D eigenvalue weighted by Crippen LogP contribution is 2.29. The van der Waals surface area contributed by atoms with Crippen LogP contribution in [0.1, 0.15) is 66.5 Å². The van der Waals surface area contributed by atoms with Gasteiger partial charge in [-0.15, -0.1) is 0 Å². The van der Waals surface area contributed by atoms with E-state index in [2.05, 4.69) is 38.1 Å². The van der Waals surface area contributed by atoms with Gasteiger partial charge in [0.2, 0.25) is 0 Å². The van der Waals surface area contributed by atoms with Gasteiger partial charge in [0, 0.05) is 13.3 Å². The first-order chi connectivity index (χ1) is 13.7. The molecule has 0 atom stereocenters. The van der Waals surface area contributed by atoms with Crippen LogP contribution >= 0.6 is 0 Å². The molecule has 0 heterocycles. The molecule has 2 rings (SSSR count). The van der Waals surface area contributed by atoms with Gasteiger partial charge in [0.25, 0.3) is 0 Å². The number of benzene rings is 2. The Morgan fingerprint density at radius 1 is 0.759 bits per heavy atom. The topological polar surface area (TPSA) is 52.6 Å². The molecule has 0 fully saturated rings. The Balaban J connectivity index is 2.09. The van der Waals surface area contributed by atoms with Crippen LogP contribution in [-0.2, 0) is 16.0 Å². The number of ketones is 1. The van der Waals surface area contributed by atoms with Crippen molar-refractivity contribution in [1.29, 1.82) is 0 Å². The molecule has 4 nitrogen and oxygen atoms in total. The SMILES string of the molecule is CC(=O)CCCCOc1c(C)cc(Cc2cc(C)c(OC(C)=O)c(C)c2)cc1C. The molecular weight excluding hydrogens is 364 g/mol. The predicted octanol–water partition coefficient (Wildman–Crippen LogP) is 5.57. The van der Waals surface area contributed by atoms with Crippen LogP contribution in [0.4, 0.5) is 0 Å². The van der Waals surface area contributed by atoms with Crippen molar-refractivity contribution in [1.82, 2.24) is 0 Å². The lowest BCUT2D eigenvalue weighted by Crippen LogP contribution is -2.05. The third kappa shape index (κ3) is 6.74. The van der Waals surface area contributed by atoms with Gasteiger partial charge in [0.1, 0.15) is 17.3 Å². The monoisotopic (exact) mass is 396 g/mol. The average Bonchev–Trinajstić information content (AvgIpc) is 2.59. The third-order valence-corrected chi connectivity index (χ3v) is 4.86. The summed E-state index contributed by atoms with van der Waals surface area (Å²) in [5, 5.41) is 0. The van der Waals surface area contributed by atoms with Crippen LogP contribution in [0.3, 0.4) is 0 Å². The minimum Gasteiger partial charge on any atom is -0.493 e. The van der Waals surface area contributed by atoms with Gasteiger partial charge >= 0.3 is 5.97 Å². The maximum absolute atomic E-state index is 11.3. The number of carbonyl (C=O) groups is 2. The van der Waals surface area contributed by atoms with Crippen molar-refractivity contribution < 1.29 is 19.1 Å². The first-order valence-electron chi connectivity index (χ1n) is 10.2. The minimum atomic E-state index is -0.299. The molecule has 0 saturated heterocycles. The molecule has 0 radical (unpaired) electrons. The Bertz CT molecular complexity index is 850. The molecule has 0 aliphatic heterocycles. The van der Waals surface area contributed by atoms with E-state index in [4.69, 9.17) is 9.47 Å². The second-order valence-electron chi connectivity index (χ2n) is 7.90. The fourth-order valence-corrected chi connectivity index (χ4v) is 3.70. The van der Waals surface area contributed by atoms with Gasteiger partial charge in [-0.1, -0.05) is 24.3 Å². The average molecular weight is 397 g/mol. The van der Waals surface area contributed by atoms with E-state index < -0.39 is 0 Å². The summed E-state index contributed by atoms with van der Waals surface area (Å²) < 4.78 is 11.3. The highest BCUT2D eigenvalue weighted by Gasteiger charge is 2.11. The summed E-state index contributed by atoms with van der Waals surface area (Å²) >= 11 is 0. The van der Waals surface area contributed by atoms with Crippen molar-refractivity contribution >= 4 is 11.8 Å². The van der Waals surface area contributed by atoms with Gasteiger partial charge in [-0.3, -0.25) is 4.79 Å². The van der Waals surface area contributed by atoms with E-state index in [1.165, 1.54) is 18.1 Å². The van der Waals surface area contributed by atoms with Gasteiger partial charge in [-0.2, -0.15) is 0 Å². The number of aryl methyl sites for hydroxylation is 4. The number of Topliss-reactive ketones (excluding diaryl/α,β-unsaturated/α-hetero) is 1. The molecule has 2 aromatic carbocycles. The number of hydrogen-bond donors (Lipinski definition) is 0. The van der Waals surface area contributed by atoms with Gasteiger partial charge in [0.05, 0.1) is 6.61 Å². The molecule has 29 heavy (non-hydrogen) atoms. The molecule has 0 aliphatic rings. The van der Waals surface area contributed by atoms with Crippen LogP contribution in [0.15, 0.2) is 24.3 Å². The van der Waals surface area contributed by atoms with Crippen molar-refractivity contribution in [2.45, 2.75) is 67.2 Å². The normalized spacial score (nSPS) is 10.7. The number of ether oxygens (including phenoxy) is 2. The van der Waals surface area contributed by atoms with E-state index in [0.29, 0.717) is 18.8 Å². The molecule has 4 heteroatoms. The Kier molecular flexibility index (Phi) is 8.00. The molecule has 0 N–H and O–H groups in total. The van der Waals surface area contributed by atoms with Crippen molar-refractivity contribution in [3.05, 3.63) is 57.6 Å². The predicted molar refractivity (Wildman–Crippen MR) is 116 cm³/mol. The number of hydrogen-bond acceptors (Lipinski definition) is 4. The smallest absolute Gasteiger partial charge is 0.308 e. The van der Waals surface area contributed by atoms with Gasteiger partial charge in [0.15, 0.2) is 0 Å². The first kappa shape index (κ1) is 22.7. The van der Waals surface area contributed by atoms with Crippen LogP contribution in [0, 0.1) is 27.7 Å². The number of carbonyl (C=O) groups excluding carboxylic acids is 2. The van der Waals surface area contributed by atoms with Gasteiger partial charge < -0.3 is 14.3 Å². The molecule has 0 bridgehead atoms. The molecule has 0 aliphatic carbocycles. The summed E-state index contributed by atoms with van der Waals surface area (Å²) in [5.74, 6) is 1.52. The number of rotatable bonds is 9. The van der Waals surface area contributed by atoms with Crippen molar-refractivity contribution in [3.63, 3.8) is 0 Å².